The Morgan fingerprint density at radius 2 is 2.06 bits per heavy atom. The number of aromatic nitrogens is 1. The summed E-state index contributed by atoms with van der Waals surface area (Å²) in [5.74, 6) is 1.02. The van der Waals surface area contributed by atoms with Crippen molar-refractivity contribution in [1.29, 1.82) is 0 Å². The van der Waals surface area contributed by atoms with Gasteiger partial charge in [-0.15, -0.1) is 0 Å². The van der Waals surface area contributed by atoms with E-state index in [0.717, 1.165) is 38.6 Å². The van der Waals surface area contributed by atoms with Crippen molar-refractivity contribution in [3.63, 3.8) is 0 Å². The standard InChI is InChI=1S/C13H22N4O/c1-11(10-18-2)16-5-7-17(8-6-16)13-4-3-12(14)9-15-13/h3-4,9,11H,5-8,10,14H2,1-2H3. The number of nitrogens with two attached hydrogens (primary N) is 1. The second-order valence-electron chi connectivity index (χ2n) is 4.78. The van der Waals surface area contributed by atoms with E-state index in [4.69, 9.17) is 10.5 Å². The highest BCUT2D eigenvalue weighted by atomic mass is 16.5. The summed E-state index contributed by atoms with van der Waals surface area (Å²) < 4.78 is 5.20. The van der Waals surface area contributed by atoms with Crippen LogP contribution in [0.4, 0.5) is 11.5 Å². The number of ether oxygens (including phenoxy) is 1. The number of nitrogen functional groups attached to an aromatic ring is 1. The Labute approximate surface area is 109 Å². The maximum Gasteiger partial charge on any atom is 0.128 e. The number of hydrogen-bond donors (Lipinski definition) is 1. The minimum Gasteiger partial charge on any atom is -0.397 e. The molecule has 2 heterocycles. The van der Waals surface area contributed by atoms with Crippen LogP contribution in [0, 0.1) is 0 Å². The first-order valence-corrected chi connectivity index (χ1v) is 6.40. The average molecular weight is 250 g/mol. The quantitative estimate of drug-likeness (QED) is 0.857. The lowest BCUT2D eigenvalue weighted by Gasteiger charge is -2.38. The number of hydrogen-bond acceptors (Lipinski definition) is 5. The summed E-state index contributed by atoms with van der Waals surface area (Å²) in [6.07, 6.45) is 1.72. The first-order chi connectivity index (χ1) is 8.70. The van der Waals surface area contributed by atoms with Crippen LogP contribution < -0.4 is 10.6 Å². The SMILES string of the molecule is COCC(C)N1CCN(c2ccc(N)cn2)CC1. The van der Waals surface area contributed by atoms with Gasteiger partial charge in [-0.1, -0.05) is 0 Å². The normalized spacial score (nSPS) is 18.9. The van der Waals surface area contributed by atoms with Gasteiger partial charge in [0.2, 0.25) is 0 Å². The van der Waals surface area contributed by atoms with Crippen LogP contribution in [0.2, 0.25) is 0 Å². The molecule has 100 valence electrons. The van der Waals surface area contributed by atoms with Gasteiger partial charge in [0.25, 0.3) is 0 Å². The second-order valence-corrected chi connectivity index (χ2v) is 4.78. The van der Waals surface area contributed by atoms with Gasteiger partial charge >= 0.3 is 0 Å². The molecule has 1 aromatic rings. The molecule has 18 heavy (non-hydrogen) atoms. The van der Waals surface area contributed by atoms with Crippen LogP contribution in [0.25, 0.3) is 0 Å². The fraction of sp³-hybridized carbons (Fsp3) is 0.615. The Kier molecular flexibility index (Phi) is 4.38. The summed E-state index contributed by atoms with van der Waals surface area (Å²) in [7, 11) is 1.76. The van der Waals surface area contributed by atoms with E-state index in [1.165, 1.54) is 0 Å². The molecule has 0 spiro atoms. The minimum absolute atomic E-state index is 0.483. The summed E-state index contributed by atoms with van der Waals surface area (Å²) >= 11 is 0. The third-order valence-corrected chi connectivity index (χ3v) is 3.44. The van der Waals surface area contributed by atoms with E-state index in [1.807, 2.05) is 12.1 Å². The Hall–Kier alpha value is -1.33. The van der Waals surface area contributed by atoms with Gasteiger partial charge < -0.3 is 15.4 Å². The van der Waals surface area contributed by atoms with Crippen molar-refractivity contribution in [3.8, 4) is 0 Å². The molecule has 5 heteroatoms. The lowest BCUT2D eigenvalue weighted by molar-refractivity contribution is 0.0952. The molecule has 1 unspecified atom stereocenters. The van der Waals surface area contributed by atoms with Gasteiger partial charge in [-0.25, -0.2) is 4.98 Å². The molecule has 0 bridgehead atoms. The number of nitrogens with zero attached hydrogens (tertiary/aromatic N) is 3. The number of rotatable bonds is 4. The summed E-state index contributed by atoms with van der Waals surface area (Å²) in [6, 6.07) is 4.38. The fourth-order valence-electron chi connectivity index (χ4n) is 2.32. The van der Waals surface area contributed by atoms with Crippen molar-refractivity contribution in [2.45, 2.75) is 13.0 Å². The zero-order valence-corrected chi connectivity index (χ0v) is 11.2. The molecule has 0 aliphatic carbocycles. The van der Waals surface area contributed by atoms with Gasteiger partial charge in [0.05, 0.1) is 18.5 Å². The number of methoxy groups -OCH3 is 1. The van der Waals surface area contributed by atoms with Gasteiger partial charge in [0.15, 0.2) is 0 Å². The van der Waals surface area contributed by atoms with Gasteiger partial charge in [-0.2, -0.15) is 0 Å². The van der Waals surface area contributed by atoms with Gasteiger partial charge in [0, 0.05) is 39.3 Å². The van der Waals surface area contributed by atoms with Crippen molar-refractivity contribution < 1.29 is 4.74 Å². The highest BCUT2D eigenvalue weighted by Gasteiger charge is 2.21. The van der Waals surface area contributed by atoms with Crippen molar-refractivity contribution in [3.05, 3.63) is 18.3 Å². The summed E-state index contributed by atoms with van der Waals surface area (Å²) in [6.45, 7) is 7.11. The van der Waals surface area contributed by atoms with Crippen molar-refractivity contribution >= 4 is 11.5 Å². The maximum absolute atomic E-state index is 5.65. The van der Waals surface area contributed by atoms with E-state index in [1.54, 1.807) is 13.3 Å². The van der Waals surface area contributed by atoms with Crippen LogP contribution in [0.3, 0.4) is 0 Å². The summed E-state index contributed by atoms with van der Waals surface area (Å²) in [4.78, 5) is 9.12. The first kappa shape index (κ1) is 13.1. The Morgan fingerprint density at radius 3 is 2.61 bits per heavy atom. The second kappa shape index (κ2) is 6.02. The largest absolute Gasteiger partial charge is 0.397 e. The number of anilines is 2. The van der Waals surface area contributed by atoms with E-state index >= 15 is 0 Å². The molecule has 1 saturated heterocycles. The van der Waals surface area contributed by atoms with Gasteiger partial charge in [-0.05, 0) is 19.1 Å². The number of piperazine rings is 1. The predicted octanol–water partition coefficient (Wildman–Crippen LogP) is 0.821. The van der Waals surface area contributed by atoms with Gasteiger partial charge in [0.1, 0.15) is 5.82 Å². The molecule has 0 aromatic carbocycles. The molecular weight excluding hydrogens is 228 g/mol. The predicted molar refractivity (Wildman–Crippen MR) is 73.8 cm³/mol. The van der Waals surface area contributed by atoms with E-state index in [-0.39, 0.29) is 0 Å². The van der Waals surface area contributed by atoms with Crippen molar-refractivity contribution in [2.24, 2.45) is 0 Å². The first-order valence-electron chi connectivity index (χ1n) is 6.40. The van der Waals surface area contributed by atoms with Gasteiger partial charge in [-0.3, -0.25) is 4.90 Å². The van der Waals surface area contributed by atoms with E-state index in [2.05, 4.69) is 21.7 Å². The highest BCUT2D eigenvalue weighted by Crippen LogP contribution is 2.15. The molecule has 0 amide bonds. The molecule has 1 aliphatic rings. The van der Waals surface area contributed by atoms with Crippen LogP contribution in [-0.4, -0.2) is 55.8 Å². The molecule has 2 rings (SSSR count). The lowest BCUT2D eigenvalue weighted by atomic mass is 10.2. The van der Waals surface area contributed by atoms with E-state index in [9.17, 15) is 0 Å². The Bertz CT molecular complexity index is 360. The minimum atomic E-state index is 0.483. The van der Waals surface area contributed by atoms with Crippen LogP contribution in [0.1, 0.15) is 6.92 Å². The molecule has 1 aromatic heterocycles. The molecule has 2 N–H and O–H groups in total. The summed E-state index contributed by atoms with van der Waals surface area (Å²) in [5.41, 5.74) is 6.36. The molecule has 1 fully saturated rings. The zero-order chi connectivity index (χ0) is 13.0. The average Bonchev–Trinajstić information content (AvgIpc) is 2.40. The molecule has 1 aliphatic heterocycles. The lowest BCUT2D eigenvalue weighted by Crippen LogP contribution is -2.50. The van der Waals surface area contributed by atoms with Crippen LogP contribution in [-0.2, 0) is 4.74 Å². The highest BCUT2D eigenvalue weighted by molar-refractivity contribution is 5.46. The van der Waals surface area contributed by atoms with Crippen LogP contribution >= 0.6 is 0 Å². The Balaban J connectivity index is 1.88. The topological polar surface area (TPSA) is 54.6 Å². The van der Waals surface area contributed by atoms with Crippen molar-refractivity contribution in [2.75, 3.05) is 50.5 Å². The van der Waals surface area contributed by atoms with E-state index < -0.39 is 0 Å². The smallest absolute Gasteiger partial charge is 0.128 e. The third kappa shape index (κ3) is 3.11. The Morgan fingerprint density at radius 1 is 1.33 bits per heavy atom. The molecule has 0 radical (unpaired) electrons. The fourth-order valence-corrected chi connectivity index (χ4v) is 2.32. The van der Waals surface area contributed by atoms with Crippen LogP contribution in [0.5, 0.6) is 0 Å². The molecule has 5 nitrogen and oxygen atoms in total. The zero-order valence-electron chi connectivity index (χ0n) is 11.2. The van der Waals surface area contributed by atoms with Crippen LogP contribution in [0.15, 0.2) is 18.3 Å². The number of pyridine rings is 1. The molecular formula is C13H22N4O. The molecule has 1 atom stereocenters. The third-order valence-electron chi connectivity index (χ3n) is 3.44. The summed E-state index contributed by atoms with van der Waals surface area (Å²) in [5, 5.41) is 0. The maximum atomic E-state index is 5.65. The molecule has 0 saturated carbocycles. The monoisotopic (exact) mass is 250 g/mol. The van der Waals surface area contributed by atoms with E-state index in [0.29, 0.717) is 11.7 Å². The van der Waals surface area contributed by atoms with Crippen molar-refractivity contribution in [1.82, 2.24) is 9.88 Å².